The second-order valence-corrected chi connectivity index (χ2v) is 7.72. The Hall–Kier alpha value is -3.00. The number of nitrogens with one attached hydrogen (secondary N) is 1. The molecule has 8 heteroatoms. The Bertz CT molecular complexity index is 1060. The van der Waals surface area contributed by atoms with Gasteiger partial charge in [0.2, 0.25) is 0 Å². The molecule has 146 valence electrons. The van der Waals surface area contributed by atoms with Gasteiger partial charge in [0.15, 0.2) is 0 Å². The summed E-state index contributed by atoms with van der Waals surface area (Å²) in [4.78, 5) is -0.0451. The zero-order valence-corrected chi connectivity index (χ0v) is 15.5. The van der Waals surface area contributed by atoms with Crippen LogP contribution >= 0.6 is 0 Å². The van der Waals surface area contributed by atoms with Crippen molar-refractivity contribution in [2.45, 2.75) is 18.0 Å². The number of rotatable bonds is 5. The fourth-order valence-electron chi connectivity index (χ4n) is 2.45. The third-order valence-electron chi connectivity index (χ3n) is 3.84. The molecule has 0 atom stereocenters. The molecular weight excluding hydrogens is 391 g/mol. The second kappa shape index (κ2) is 7.55. The van der Waals surface area contributed by atoms with Crippen molar-refractivity contribution in [2.24, 2.45) is 0 Å². The van der Waals surface area contributed by atoms with Gasteiger partial charge in [0.1, 0.15) is 17.1 Å². The van der Waals surface area contributed by atoms with Crippen LogP contribution in [0.25, 0.3) is 0 Å². The SMILES string of the molecule is Cc1ccc(S(=O)(=O)Nc2ccc(Oc3ccccc3)c(C(F)(F)F)c2)cc1. The van der Waals surface area contributed by atoms with Gasteiger partial charge in [-0.1, -0.05) is 35.9 Å². The lowest BCUT2D eigenvalue weighted by atomic mass is 10.1. The van der Waals surface area contributed by atoms with Crippen molar-refractivity contribution in [3.05, 3.63) is 83.9 Å². The molecule has 4 nitrogen and oxygen atoms in total. The number of benzene rings is 3. The van der Waals surface area contributed by atoms with Crippen molar-refractivity contribution in [2.75, 3.05) is 4.72 Å². The van der Waals surface area contributed by atoms with Gasteiger partial charge in [-0.2, -0.15) is 13.2 Å². The molecule has 1 N–H and O–H groups in total. The Kier molecular flexibility index (Phi) is 5.33. The molecule has 0 aliphatic rings. The molecule has 0 saturated carbocycles. The average molecular weight is 407 g/mol. The van der Waals surface area contributed by atoms with Gasteiger partial charge in [-0.05, 0) is 49.4 Å². The quantitative estimate of drug-likeness (QED) is 0.598. The van der Waals surface area contributed by atoms with Gasteiger partial charge in [0.05, 0.1) is 4.90 Å². The summed E-state index contributed by atoms with van der Waals surface area (Å²) in [6.45, 7) is 1.80. The molecule has 0 spiro atoms. The summed E-state index contributed by atoms with van der Waals surface area (Å²) in [6.07, 6.45) is -4.73. The minimum atomic E-state index is -4.73. The van der Waals surface area contributed by atoms with E-state index in [4.69, 9.17) is 4.74 Å². The maximum atomic E-state index is 13.5. The smallest absolute Gasteiger partial charge is 0.420 e. The first kappa shape index (κ1) is 19.8. The number of para-hydroxylation sites is 1. The van der Waals surface area contributed by atoms with Gasteiger partial charge in [0.25, 0.3) is 10.0 Å². The Morgan fingerprint density at radius 2 is 1.54 bits per heavy atom. The van der Waals surface area contributed by atoms with Crippen LogP contribution in [-0.2, 0) is 16.2 Å². The minimum absolute atomic E-state index is 0.0451. The number of anilines is 1. The summed E-state index contributed by atoms with van der Waals surface area (Å²) in [5, 5.41) is 0. The van der Waals surface area contributed by atoms with Crippen molar-refractivity contribution in [1.82, 2.24) is 0 Å². The standard InChI is InChI=1S/C20H16F3NO3S/c1-14-7-10-17(11-8-14)28(25,26)24-15-9-12-19(18(13-15)20(21,22)23)27-16-5-3-2-4-6-16/h2-13,24H,1H3. The Labute approximate surface area is 160 Å². The Morgan fingerprint density at radius 1 is 0.893 bits per heavy atom. The summed E-state index contributed by atoms with van der Waals surface area (Å²) >= 11 is 0. The summed E-state index contributed by atoms with van der Waals surface area (Å²) in [5.74, 6) is -0.182. The van der Waals surface area contributed by atoms with E-state index >= 15 is 0 Å². The van der Waals surface area contributed by atoms with Crippen molar-refractivity contribution in [3.63, 3.8) is 0 Å². The van der Waals surface area contributed by atoms with Crippen molar-refractivity contribution < 1.29 is 26.3 Å². The van der Waals surface area contributed by atoms with Crippen LogP contribution in [0.5, 0.6) is 11.5 Å². The van der Waals surface area contributed by atoms with Crippen LogP contribution in [0.1, 0.15) is 11.1 Å². The maximum absolute atomic E-state index is 13.5. The number of aryl methyl sites for hydroxylation is 1. The van der Waals surface area contributed by atoms with E-state index in [9.17, 15) is 21.6 Å². The summed E-state index contributed by atoms with van der Waals surface area (Å²) in [5.41, 5.74) is -0.436. The number of sulfonamides is 1. The number of halogens is 3. The molecule has 0 saturated heterocycles. The average Bonchev–Trinajstić information content (AvgIpc) is 2.63. The molecule has 3 rings (SSSR count). The zero-order chi connectivity index (χ0) is 20.4. The van der Waals surface area contributed by atoms with Gasteiger partial charge in [-0.3, -0.25) is 4.72 Å². The fourth-order valence-corrected chi connectivity index (χ4v) is 3.50. The van der Waals surface area contributed by atoms with E-state index < -0.39 is 27.5 Å². The van der Waals surface area contributed by atoms with Crippen molar-refractivity contribution in [3.8, 4) is 11.5 Å². The molecule has 3 aromatic rings. The second-order valence-electron chi connectivity index (χ2n) is 6.04. The van der Waals surface area contributed by atoms with Gasteiger partial charge in [-0.15, -0.1) is 0 Å². The highest BCUT2D eigenvalue weighted by Crippen LogP contribution is 2.40. The molecule has 0 aliphatic carbocycles. The number of hydrogen-bond donors (Lipinski definition) is 1. The van der Waals surface area contributed by atoms with Crippen molar-refractivity contribution >= 4 is 15.7 Å². The fraction of sp³-hybridized carbons (Fsp3) is 0.100. The van der Waals surface area contributed by atoms with Crippen molar-refractivity contribution in [1.29, 1.82) is 0 Å². The highest BCUT2D eigenvalue weighted by molar-refractivity contribution is 7.92. The zero-order valence-electron chi connectivity index (χ0n) is 14.7. The highest BCUT2D eigenvalue weighted by Gasteiger charge is 2.35. The van der Waals surface area contributed by atoms with Crippen LogP contribution < -0.4 is 9.46 Å². The van der Waals surface area contributed by atoms with Crippen LogP contribution in [0.2, 0.25) is 0 Å². The molecule has 0 unspecified atom stereocenters. The molecule has 0 bridgehead atoms. The van der Waals surface area contributed by atoms with Crippen LogP contribution in [-0.4, -0.2) is 8.42 Å². The van der Waals surface area contributed by atoms with Gasteiger partial charge >= 0.3 is 6.18 Å². The van der Waals surface area contributed by atoms with Gasteiger partial charge in [-0.25, -0.2) is 8.42 Å². The molecule has 0 aliphatic heterocycles. The van der Waals surface area contributed by atoms with Gasteiger partial charge < -0.3 is 4.74 Å². The molecule has 0 radical (unpaired) electrons. The first-order valence-electron chi connectivity index (χ1n) is 8.19. The van der Waals surface area contributed by atoms with E-state index in [1.165, 1.54) is 30.3 Å². The van der Waals surface area contributed by atoms with E-state index in [1.807, 2.05) is 0 Å². The van der Waals surface area contributed by atoms with E-state index in [0.29, 0.717) is 6.07 Å². The summed E-state index contributed by atoms with van der Waals surface area (Å²) in [7, 11) is -4.02. The lowest BCUT2D eigenvalue weighted by Crippen LogP contribution is -2.14. The number of ether oxygens (including phenoxy) is 1. The summed E-state index contributed by atoms with van der Waals surface area (Å²) < 4.78 is 72.8. The van der Waals surface area contributed by atoms with Crippen LogP contribution in [0.4, 0.5) is 18.9 Å². The van der Waals surface area contributed by atoms with E-state index in [1.54, 1.807) is 37.3 Å². The Balaban J connectivity index is 1.93. The lowest BCUT2D eigenvalue weighted by Gasteiger charge is -2.16. The largest absolute Gasteiger partial charge is 0.457 e. The maximum Gasteiger partial charge on any atom is 0.420 e. The van der Waals surface area contributed by atoms with Crippen LogP contribution in [0.15, 0.2) is 77.7 Å². The normalized spacial score (nSPS) is 11.9. The van der Waals surface area contributed by atoms with E-state index in [0.717, 1.165) is 11.6 Å². The molecule has 3 aromatic carbocycles. The number of alkyl halides is 3. The predicted octanol–water partition coefficient (Wildman–Crippen LogP) is 5.61. The molecule has 28 heavy (non-hydrogen) atoms. The topological polar surface area (TPSA) is 55.4 Å². The van der Waals surface area contributed by atoms with Gasteiger partial charge in [0, 0.05) is 5.69 Å². The van der Waals surface area contributed by atoms with E-state index in [-0.39, 0.29) is 16.3 Å². The lowest BCUT2D eigenvalue weighted by molar-refractivity contribution is -0.138. The minimum Gasteiger partial charge on any atom is -0.457 e. The predicted molar refractivity (Wildman–Crippen MR) is 99.9 cm³/mol. The Morgan fingerprint density at radius 3 is 2.14 bits per heavy atom. The molecule has 0 heterocycles. The molecule has 0 amide bonds. The van der Waals surface area contributed by atoms with E-state index in [2.05, 4.69) is 4.72 Å². The van der Waals surface area contributed by atoms with Crippen LogP contribution in [0, 0.1) is 6.92 Å². The molecular formula is C20H16F3NO3S. The first-order valence-corrected chi connectivity index (χ1v) is 9.67. The number of hydrogen-bond acceptors (Lipinski definition) is 3. The molecule has 0 aromatic heterocycles. The highest BCUT2D eigenvalue weighted by atomic mass is 32.2. The first-order chi connectivity index (χ1) is 13.1. The molecule has 0 fully saturated rings. The summed E-state index contributed by atoms with van der Waals surface area (Å²) in [6, 6.07) is 17.0. The third kappa shape index (κ3) is 4.64. The third-order valence-corrected chi connectivity index (χ3v) is 5.24. The van der Waals surface area contributed by atoms with Crippen LogP contribution in [0.3, 0.4) is 0 Å². The monoisotopic (exact) mass is 407 g/mol.